The lowest BCUT2D eigenvalue weighted by molar-refractivity contribution is -0.385. The lowest BCUT2D eigenvalue weighted by Gasteiger charge is -2.11. The number of carbonyl (C=O) groups excluding carboxylic acids is 1. The standard InChI is InChI=1S/C19H23N7O3S/c1-12(2)10-21-16-14-11-22-25(17(14)24-19(23-16)30-3)9-8-20-18(27)13-6-4-5-7-15(13)26(28)29/h4-7,11-12H,8-10H2,1-3H3,(H,20,27)(H,21,23,24). The summed E-state index contributed by atoms with van der Waals surface area (Å²) in [6.07, 6.45) is 3.60. The molecule has 0 aliphatic heterocycles. The molecule has 2 N–H and O–H groups in total. The van der Waals surface area contributed by atoms with E-state index < -0.39 is 10.8 Å². The molecular weight excluding hydrogens is 406 g/mol. The Hall–Kier alpha value is -3.21. The number of rotatable bonds is 9. The molecule has 3 rings (SSSR count). The normalized spacial score (nSPS) is 11.1. The van der Waals surface area contributed by atoms with Crippen molar-refractivity contribution in [3.8, 4) is 0 Å². The molecule has 0 aliphatic rings. The summed E-state index contributed by atoms with van der Waals surface area (Å²) in [7, 11) is 0. The van der Waals surface area contributed by atoms with Crippen molar-refractivity contribution < 1.29 is 9.72 Å². The van der Waals surface area contributed by atoms with Gasteiger partial charge < -0.3 is 10.6 Å². The zero-order valence-electron chi connectivity index (χ0n) is 17.0. The number of para-hydroxylation sites is 1. The molecule has 1 amide bonds. The quantitative estimate of drug-likeness (QED) is 0.230. The van der Waals surface area contributed by atoms with E-state index >= 15 is 0 Å². The largest absolute Gasteiger partial charge is 0.369 e. The molecule has 2 heterocycles. The van der Waals surface area contributed by atoms with E-state index in [1.165, 1.54) is 30.0 Å². The molecule has 0 atom stereocenters. The molecule has 0 fully saturated rings. The van der Waals surface area contributed by atoms with Gasteiger partial charge in [-0.1, -0.05) is 37.7 Å². The number of benzene rings is 1. The van der Waals surface area contributed by atoms with Gasteiger partial charge in [-0.25, -0.2) is 14.6 Å². The number of nitrogens with one attached hydrogen (secondary N) is 2. The molecule has 1 aromatic carbocycles. The molecule has 0 unspecified atom stereocenters. The Morgan fingerprint density at radius 2 is 2.07 bits per heavy atom. The first-order chi connectivity index (χ1) is 14.4. The van der Waals surface area contributed by atoms with Gasteiger partial charge in [0.25, 0.3) is 11.6 Å². The predicted molar refractivity (Wildman–Crippen MR) is 116 cm³/mol. The summed E-state index contributed by atoms with van der Waals surface area (Å²) < 4.78 is 1.69. The summed E-state index contributed by atoms with van der Waals surface area (Å²) >= 11 is 1.44. The number of thioether (sulfide) groups is 1. The van der Waals surface area contributed by atoms with Crippen LogP contribution in [0.15, 0.2) is 35.6 Å². The zero-order chi connectivity index (χ0) is 21.7. The molecule has 0 bridgehead atoms. The maximum absolute atomic E-state index is 12.4. The maximum atomic E-state index is 12.4. The molecule has 3 aromatic rings. The van der Waals surface area contributed by atoms with Crippen molar-refractivity contribution in [2.75, 3.05) is 24.7 Å². The number of aromatic nitrogens is 4. The van der Waals surface area contributed by atoms with Crippen molar-refractivity contribution >= 4 is 40.2 Å². The average Bonchev–Trinajstić information content (AvgIpc) is 3.14. The van der Waals surface area contributed by atoms with Crippen LogP contribution in [-0.2, 0) is 6.54 Å². The van der Waals surface area contributed by atoms with Gasteiger partial charge in [0.15, 0.2) is 10.8 Å². The third kappa shape index (κ3) is 4.85. The zero-order valence-corrected chi connectivity index (χ0v) is 17.8. The molecule has 0 saturated carbocycles. The minimum Gasteiger partial charge on any atom is -0.369 e. The van der Waals surface area contributed by atoms with Crippen LogP contribution in [0.4, 0.5) is 11.5 Å². The summed E-state index contributed by atoms with van der Waals surface area (Å²) in [4.78, 5) is 32.0. The van der Waals surface area contributed by atoms with Crippen LogP contribution < -0.4 is 10.6 Å². The van der Waals surface area contributed by atoms with Gasteiger partial charge in [-0.15, -0.1) is 0 Å². The van der Waals surface area contributed by atoms with E-state index in [4.69, 9.17) is 0 Å². The van der Waals surface area contributed by atoms with Crippen LogP contribution in [0.5, 0.6) is 0 Å². The van der Waals surface area contributed by atoms with E-state index in [0.717, 1.165) is 17.7 Å². The van der Waals surface area contributed by atoms with E-state index in [0.29, 0.717) is 23.3 Å². The number of anilines is 1. The lowest BCUT2D eigenvalue weighted by Crippen LogP contribution is -2.28. The van der Waals surface area contributed by atoms with Gasteiger partial charge in [0.1, 0.15) is 11.4 Å². The second-order valence-corrected chi connectivity index (χ2v) is 7.74. The topological polar surface area (TPSA) is 128 Å². The number of carbonyl (C=O) groups is 1. The molecule has 0 aliphatic carbocycles. The van der Waals surface area contributed by atoms with Crippen LogP contribution in [0.1, 0.15) is 24.2 Å². The number of nitro groups is 1. The maximum Gasteiger partial charge on any atom is 0.282 e. The van der Waals surface area contributed by atoms with E-state index in [2.05, 4.69) is 39.5 Å². The molecular formula is C19H23N7O3S. The minimum absolute atomic E-state index is 0.0278. The summed E-state index contributed by atoms with van der Waals surface area (Å²) in [6, 6.07) is 5.86. The predicted octanol–water partition coefficient (Wildman–Crippen LogP) is 2.95. The van der Waals surface area contributed by atoms with E-state index in [1.54, 1.807) is 16.9 Å². The highest BCUT2D eigenvalue weighted by Crippen LogP contribution is 2.23. The number of nitro benzene ring substituents is 1. The van der Waals surface area contributed by atoms with Gasteiger partial charge in [-0.3, -0.25) is 14.9 Å². The fraction of sp³-hybridized carbons (Fsp3) is 0.368. The Kier molecular flexibility index (Phi) is 6.83. The van der Waals surface area contributed by atoms with Crippen molar-refractivity contribution in [3.05, 3.63) is 46.1 Å². The molecule has 11 heteroatoms. The first-order valence-electron chi connectivity index (χ1n) is 9.43. The second kappa shape index (κ2) is 9.53. The minimum atomic E-state index is -0.567. The molecule has 158 valence electrons. The van der Waals surface area contributed by atoms with Crippen LogP contribution >= 0.6 is 11.8 Å². The first-order valence-corrected chi connectivity index (χ1v) is 10.7. The van der Waals surface area contributed by atoms with Crippen molar-refractivity contribution in [3.63, 3.8) is 0 Å². The Morgan fingerprint density at radius 3 is 2.77 bits per heavy atom. The molecule has 2 aromatic heterocycles. The van der Waals surface area contributed by atoms with Gasteiger partial charge in [0, 0.05) is 19.2 Å². The number of nitrogens with zero attached hydrogens (tertiary/aromatic N) is 5. The Balaban J connectivity index is 1.74. The Bertz CT molecular complexity index is 1070. The molecule has 0 spiro atoms. The van der Waals surface area contributed by atoms with Gasteiger partial charge >= 0.3 is 0 Å². The highest BCUT2D eigenvalue weighted by molar-refractivity contribution is 7.98. The first kappa shape index (κ1) is 21.5. The highest BCUT2D eigenvalue weighted by atomic mass is 32.2. The molecule has 0 radical (unpaired) electrons. The molecule has 0 saturated heterocycles. The van der Waals surface area contributed by atoms with E-state index in [1.807, 2.05) is 6.26 Å². The van der Waals surface area contributed by atoms with E-state index in [9.17, 15) is 14.9 Å². The third-order valence-corrected chi connectivity index (χ3v) is 4.84. The van der Waals surface area contributed by atoms with Crippen LogP contribution in [0.2, 0.25) is 0 Å². The smallest absolute Gasteiger partial charge is 0.282 e. The number of hydrogen-bond donors (Lipinski definition) is 2. The van der Waals surface area contributed by atoms with Gasteiger partial charge in [0.05, 0.1) is 23.1 Å². The highest BCUT2D eigenvalue weighted by Gasteiger charge is 2.19. The number of amides is 1. The van der Waals surface area contributed by atoms with Gasteiger partial charge in [-0.05, 0) is 18.2 Å². The van der Waals surface area contributed by atoms with Crippen molar-refractivity contribution in [2.45, 2.75) is 25.5 Å². The second-order valence-electron chi connectivity index (χ2n) is 6.97. The lowest BCUT2D eigenvalue weighted by atomic mass is 10.1. The average molecular weight is 430 g/mol. The monoisotopic (exact) mass is 429 g/mol. The summed E-state index contributed by atoms with van der Waals surface area (Å²) in [5.41, 5.74) is 0.471. The van der Waals surface area contributed by atoms with Gasteiger partial charge in [-0.2, -0.15) is 5.10 Å². The van der Waals surface area contributed by atoms with E-state index in [-0.39, 0.29) is 17.8 Å². The third-order valence-electron chi connectivity index (χ3n) is 4.29. The van der Waals surface area contributed by atoms with Crippen molar-refractivity contribution in [1.29, 1.82) is 0 Å². The summed E-state index contributed by atoms with van der Waals surface area (Å²) in [6.45, 7) is 5.62. The van der Waals surface area contributed by atoms with Crippen LogP contribution in [-0.4, -0.2) is 49.9 Å². The fourth-order valence-corrected chi connectivity index (χ4v) is 3.18. The molecule has 10 nitrogen and oxygen atoms in total. The van der Waals surface area contributed by atoms with Crippen LogP contribution in [0.25, 0.3) is 11.0 Å². The Morgan fingerprint density at radius 1 is 1.30 bits per heavy atom. The van der Waals surface area contributed by atoms with Crippen molar-refractivity contribution in [2.24, 2.45) is 5.92 Å². The SMILES string of the molecule is CSc1nc(NCC(C)C)c2cnn(CCNC(=O)c3ccccc3[N+](=O)[O-])c2n1. The van der Waals surface area contributed by atoms with Crippen LogP contribution in [0, 0.1) is 16.0 Å². The van der Waals surface area contributed by atoms with Gasteiger partial charge in [0.2, 0.25) is 0 Å². The number of fused-ring (bicyclic) bond motifs is 1. The fourth-order valence-electron chi connectivity index (χ4n) is 2.82. The summed E-state index contributed by atoms with van der Waals surface area (Å²) in [5.74, 6) is 0.686. The summed E-state index contributed by atoms with van der Waals surface area (Å²) in [5, 5.41) is 23.0. The van der Waals surface area contributed by atoms with Crippen molar-refractivity contribution in [1.82, 2.24) is 25.1 Å². The Labute approximate surface area is 177 Å². The number of hydrogen-bond acceptors (Lipinski definition) is 8. The molecule has 30 heavy (non-hydrogen) atoms. The van der Waals surface area contributed by atoms with Crippen LogP contribution in [0.3, 0.4) is 0 Å².